The van der Waals surface area contributed by atoms with Crippen molar-refractivity contribution >= 4 is 0 Å². The first-order valence-electron chi connectivity index (χ1n) is 4.93. The molecule has 16 heavy (non-hydrogen) atoms. The second kappa shape index (κ2) is 4.02. The molecule has 1 heterocycles. The van der Waals surface area contributed by atoms with Gasteiger partial charge in [0.25, 0.3) is 5.89 Å². The third-order valence-corrected chi connectivity index (χ3v) is 2.20. The zero-order valence-electron chi connectivity index (χ0n) is 9.07. The van der Waals surface area contributed by atoms with Crippen LogP contribution in [0.25, 0.3) is 11.5 Å². The monoisotopic (exact) mass is 221 g/mol. The fourth-order valence-corrected chi connectivity index (χ4v) is 1.33. The molecule has 2 rings (SSSR count). The lowest BCUT2D eigenvalue weighted by atomic mass is 10.1. The summed E-state index contributed by atoms with van der Waals surface area (Å²) in [6.07, 6.45) is 0. The van der Waals surface area contributed by atoms with Gasteiger partial charge in [0.1, 0.15) is 5.82 Å². The molecule has 0 spiro atoms. The molecule has 2 aromatic rings. The number of hydrogen-bond donors (Lipinski definition) is 1. The summed E-state index contributed by atoms with van der Waals surface area (Å²) >= 11 is 0. The van der Waals surface area contributed by atoms with E-state index in [1.165, 1.54) is 6.07 Å². The van der Waals surface area contributed by atoms with Gasteiger partial charge in [-0.2, -0.15) is 4.98 Å². The Morgan fingerprint density at radius 3 is 2.81 bits per heavy atom. The van der Waals surface area contributed by atoms with E-state index >= 15 is 0 Å². The normalized spacial score (nSPS) is 12.8. The number of hydrogen-bond acceptors (Lipinski definition) is 4. The Morgan fingerprint density at radius 2 is 2.19 bits per heavy atom. The van der Waals surface area contributed by atoms with Crippen molar-refractivity contribution in [2.24, 2.45) is 5.73 Å². The number of halogens is 1. The van der Waals surface area contributed by atoms with E-state index in [0.717, 1.165) is 5.56 Å². The van der Waals surface area contributed by atoms with Crippen LogP contribution in [0.5, 0.6) is 0 Å². The van der Waals surface area contributed by atoms with E-state index in [4.69, 9.17) is 10.3 Å². The molecule has 0 saturated carbocycles. The van der Waals surface area contributed by atoms with Gasteiger partial charge in [-0.3, -0.25) is 0 Å². The third-order valence-electron chi connectivity index (χ3n) is 2.20. The molecule has 0 amide bonds. The highest BCUT2D eigenvalue weighted by Crippen LogP contribution is 2.22. The predicted molar refractivity (Wildman–Crippen MR) is 57.0 cm³/mol. The Bertz CT molecular complexity index is 508. The van der Waals surface area contributed by atoms with Crippen molar-refractivity contribution in [1.29, 1.82) is 0 Å². The van der Waals surface area contributed by atoms with E-state index in [-0.39, 0.29) is 17.7 Å². The smallest absolute Gasteiger partial charge is 0.260 e. The molecular weight excluding hydrogens is 209 g/mol. The van der Waals surface area contributed by atoms with Gasteiger partial charge in [0.05, 0.1) is 11.6 Å². The number of nitrogens with two attached hydrogens (primary N) is 1. The fraction of sp³-hybridized carbons (Fsp3) is 0.273. The Labute approximate surface area is 92.3 Å². The first-order chi connectivity index (χ1) is 7.58. The molecule has 2 N–H and O–H groups in total. The Morgan fingerprint density at radius 1 is 1.44 bits per heavy atom. The van der Waals surface area contributed by atoms with Crippen LogP contribution in [0.3, 0.4) is 0 Å². The number of rotatable bonds is 2. The minimum atomic E-state index is -0.384. The summed E-state index contributed by atoms with van der Waals surface area (Å²) in [6.45, 7) is 3.60. The van der Waals surface area contributed by atoms with Gasteiger partial charge in [-0.25, -0.2) is 4.39 Å². The first kappa shape index (κ1) is 10.8. The van der Waals surface area contributed by atoms with E-state index < -0.39 is 0 Å². The quantitative estimate of drug-likeness (QED) is 0.844. The summed E-state index contributed by atoms with van der Waals surface area (Å²) in [5.41, 5.74) is 6.83. The van der Waals surface area contributed by atoms with Crippen molar-refractivity contribution in [1.82, 2.24) is 10.1 Å². The molecule has 4 nitrogen and oxygen atoms in total. The molecule has 1 atom stereocenters. The summed E-state index contributed by atoms with van der Waals surface area (Å²) in [4.78, 5) is 4.04. The lowest BCUT2D eigenvalue weighted by Crippen LogP contribution is -2.06. The van der Waals surface area contributed by atoms with Crippen LogP contribution in [-0.4, -0.2) is 10.1 Å². The Hall–Kier alpha value is -1.75. The Kier molecular flexibility index (Phi) is 2.70. The Balaban J connectivity index is 2.46. The molecule has 1 unspecified atom stereocenters. The zero-order chi connectivity index (χ0) is 11.7. The molecule has 0 saturated heterocycles. The van der Waals surface area contributed by atoms with Crippen molar-refractivity contribution in [2.75, 3.05) is 0 Å². The van der Waals surface area contributed by atoms with Crippen molar-refractivity contribution in [3.8, 4) is 11.5 Å². The maximum Gasteiger partial charge on any atom is 0.260 e. The van der Waals surface area contributed by atoms with Crippen LogP contribution in [0, 0.1) is 12.7 Å². The maximum atomic E-state index is 13.5. The molecule has 1 aromatic carbocycles. The average Bonchev–Trinajstić information content (AvgIpc) is 2.70. The van der Waals surface area contributed by atoms with Gasteiger partial charge in [0.15, 0.2) is 5.82 Å². The molecule has 0 aliphatic rings. The van der Waals surface area contributed by atoms with Gasteiger partial charge in [-0.15, -0.1) is 0 Å². The van der Waals surface area contributed by atoms with E-state index in [9.17, 15) is 4.39 Å². The zero-order valence-corrected chi connectivity index (χ0v) is 9.07. The van der Waals surface area contributed by atoms with Gasteiger partial charge in [0, 0.05) is 0 Å². The molecule has 84 valence electrons. The lowest BCUT2D eigenvalue weighted by Gasteiger charge is -1.98. The molecule has 0 bridgehead atoms. The highest BCUT2D eigenvalue weighted by Gasteiger charge is 2.15. The van der Waals surface area contributed by atoms with E-state index in [0.29, 0.717) is 11.4 Å². The standard InChI is InChI=1S/C11H12FN3O/c1-6-3-4-9(12)8(5-6)11-14-10(7(2)13)15-16-11/h3-5,7H,13H2,1-2H3. The summed E-state index contributed by atoms with van der Waals surface area (Å²) in [5.74, 6) is 0.148. The van der Waals surface area contributed by atoms with Crippen LogP contribution in [0.4, 0.5) is 4.39 Å². The predicted octanol–water partition coefficient (Wildman–Crippen LogP) is 2.20. The van der Waals surface area contributed by atoms with Gasteiger partial charge in [0.2, 0.25) is 0 Å². The minimum absolute atomic E-state index is 0.161. The van der Waals surface area contributed by atoms with Crippen LogP contribution < -0.4 is 5.73 Å². The van der Waals surface area contributed by atoms with Crippen molar-refractivity contribution in [3.63, 3.8) is 0 Å². The van der Waals surface area contributed by atoms with Crippen LogP contribution in [0.1, 0.15) is 24.4 Å². The number of benzene rings is 1. The van der Waals surface area contributed by atoms with Crippen LogP contribution >= 0.6 is 0 Å². The van der Waals surface area contributed by atoms with E-state index in [2.05, 4.69) is 10.1 Å². The van der Waals surface area contributed by atoms with Gasteiger partial charge in [-0.1, -0.05) is 16.8 Å². The van der Waals surface area contributed by atoms with Crippen LogP contribution in [0.15, 0.2) is 22.7 Å². The molecule has 0 radical (unpaired) electrons. The summed E-state index contributed by atoms with van der Waals surface area (Å²) in [7, 11) is 0. The number of aryl methyl sites for hydroxylation is 1. The maximum absolute atomic E-state index is 13.5. The molecule has 0 fully saturated rings. The van der Waals surface area contributed by atoms with Crippen LogP contribution in [-0.2, 0) is 0 Å². The van der Waals surface area contributed by atoms with Crippen molar-refractivity contribution < 1.29 is 8.91 Å². The molecule has 1 aromatic heterocycles. The summed E-state index contributed by atoms with van der Waals surface area (Å²) < 4.78 is 18.5. The fourth-order valence-electron chi connectivity index (χ4n) is 1.33. The van der Waals surface area contributed by atoms with Crippen LogP contribution in [0.2, 0.25) is 0 Å². The first-order valence-corrected chi connectivity index (χ1v) is 4.93. The molecular formula is C11H12FN3O. The summed E-state index contributed by atoms with van der Waals surface area (Å²) in [5, 5.41) is 3.69. The highest BCUT2D eigenvalue weighted by molar-refractivity contribution is 5.55. The number of nitrogens with zero attached hydrogens (tertiary/aromatic N) is 2. The largest absolute Gasteiger partial charge is 0.334 e. The highest BCUT2D eigenvalue weighted by atomic mass is 19.1. The molecule has 0 aliphatic heterocycles. The summed E-state index contributed by atoms with van der Waals surface area (Å²) in [6, 6.07) is 4.39. The van der Waals surface area contributed by atoms with E-state index in [1.807, 2.05) is 6.92 Å². The average molecular weight is 221 g/mol. The lowest BCUT2D eigenvalue weighted by molar-refractivity contribution is 0.416. The van der Waals surface area contributed by atoms with Crippen molar-refractivity contribution in [2.45, 2.75) is 19.9 Å². The van der Waals surface area contributed by atoms with Gasteiger partial charge >= 0.3 is 0 Å². The number of aromatic nitrogens is 2. The second-order valence-corrected chi connectivity index (χ2v) is 3.73. The third kappa shape index (κ3) is 1.94. The van der Waals surface area contributed by atoms with Gasteiger partial charge in [-0.05, 0) is 26.0 Å². The SMILES string of the molecule is Cc1ccc(F)c(-c2nc(C(C)N)no2)c1. The second-order valence-electron chi connectivity index (χ2n) is 3.73. The minimum Gasteiger partial charge on any atom is -0.334 e. The molecule has 5 heteroatoms. The van der Waals surface area contributed by atoms with Crippen molar-refractivity contribution in [3.05, 3.63) is 35.4 Å². The topological polar surface area (TPSA) is 64.9 Å². The van der Waals surface area contributed by atoms with Gasteiger partial charge < -0.3 is 10.3 Å². The molecule has 0 aliphatic carbocycles. The van der Waals surface area contributed by atoms with E-state index in [1.54, 1.807) is 19.1 Å².